The van der Waals surface area contributed by atoms with Crippen molar-refractivity contribution in [1.29, 1.82) is 0 Å². The summed E-state index contributed by atoms with van der Waals surface area (Å²) >= 11 is 0. The van der Waals surface area contributed by atoms with Crippen molar-refractivity contribution in [2.45, 2.75) is 18.9 Å². The van der Waals surface area contributed by atoms with Crippen molar-refractivity contribution in [3.05, 3.63) is 0 Å². The number of rotatable bonds is 6. The molecule has 0 aromatic rings. The van der Waals surface area contributed by atoms with Crippen LogP contribution in [0, 0.1) is 0 Å². The highest BCUT2D eigenvalue weighted by atomic mass is 16.4. The van der Waals surface area contributed by atoms with Crippen molar-refractivity contribution in [2.75, 3.05) is 6.54 Å². The quantitative estimate of drug-likeness (QED) is 0.411. The zero-order valence-corrected chi connectivity index (χ0v) is 7.40. The van der Waals surface area contributed by atoms with Crippen LogP contribution < -0.4 is 11.1 Å². The molecule has 0 heterocycles. The van der Waals surface area contributed by atoms with E-state index in [1.165, 1.54) is 0 Å². The molecule has 0 saturated heterocycles. The van der Waals surface area contributed by atoms with Crippen LogP contribution in [0.1, 0.15) is 12.8 Å². The summed E-state index contributed by atoms with van der Waals surface area (Å²) in [7, 11) is 0. The fourth-order valence-electron chi connectivity index (χ4n) is 0.673. The van der Waals surface area contributed by atoms with Crippen molar-refractivity contribution in [3.8, 4) is 0 Å². The zero-order chi connectivity index (χ0) is 11.1. The Kier molecular flexibility index (Phi) is 5.23. The third-order valence-electron chi connectivity index (χ3n) is 1.44. The van der Waals surface area contributed by atoms with Crippen molar-refractivity contribution >= 4 is 17.8 Å². The molecule has 0 fully saturated rings. The molecule has 0 unspecified atom stereocenters. The van der Waals surface area contributed by atoms with Crippen LogP contribution in [0.4, 0.5) is 0 Å². The lowest BCUT2D eigenvalue weighted by Gasteiger charge is -2.05. The van der Waals surface area contributed by atoms with Gasteiger partial charge in [-0.15, -0.1) is 0 Å². The molecule has 0 radical (unpaired) electrons. The maximum Gasteiger partial charge on any atom is 0.322 e. The Morgan fingerprint density at radius 3 is 2.29 bits per heavy atom. The van der Waals surface area contributed by atoms with Crippen LogP contribution >= 0.6 is 0 Å². The number of hydrogen-bond acceptors (Lipinski definition) is 4. The molecule has 0 aliphatic heterocycles. The van der Waals surface area contributed by atoms with E-state index >= 15 is 0 Å². The molecule has 0 aliphatic carbocycles. The van der Waals surface area contributed by atoms with Gasteiger partial charge in [0.2, 0.25) is 5.91 Å². The highest BCUT2D eigenvalue weighted by Crippen LogP contribution is 1.94. The van der Waals surface area contributed by atoms with Gasteiger partial charge >= 0.3 is 11.9 Å². The van der Waals surface area contributed by atoms with E-state index in [-0.39, 0.29) is 12.8 Å². The van der Waals surface area contributed by atoms with Gasteiger partial charge < -0.3 is 21.3 Å². The summed E-state index contributed by atoms with van der Waals surface area (Å²) in [5.74, 6) is -2.86. The molecule has 0 aliphatic rings. The van der Waals surface area contributed by atoms with Crippen molar-refractivity contribution in [1.82, 2.24) is 5.32 Å². The van der Waals surface area contributed by atoms with Crippen molar-refractivity contribution in [3.63, 3.8) is 0 Å². The molecule has 0 rings (SSSR count). The molecule has 0 aromatic carbocycles. The Hall–Kier alpha value is -1.63. The average molecular weight is 204 g/mol. The highest BCUT2D eigenvalue weighted by Gasteiger charge is 2.13. The van der Waals surface area contributed by atoms with Gasteiger partial charge in [0, 0.05) is 6.42 Å². The van der Waals surface area contributed by atoms with Crippen molar-refractivity contribution in [2.24, 2.45) is 5.73 Å². The first-order valence-corrected chi connectivity index (χ1v) is 3.90. The SMILES string of the molecule is N[C@H](CCC(=O)NCC(=O)O)C(=O)O. The summed E-state index contributed by atoms with van der Waals surface area (Å²) < 4.78 is 0. The molecule has 7 nitrogen and oxygen atoms in total. The van der Waals surface area contributed by atoms with Crippen LogP contribution in [0.25, 0.3) is 0 Å². The summed E-state index contributed by atoms with van der Waals surface area (Å²) in [6, 6.07) is -1.09. The molecular formula is C7H12N2O5. The van der Waals surface area contributed by atoms with Crippen molar-refractivity contribution < 1.29 is 24.6 Å². The van der Waals surface area contributed by atoms with E-state index in [1.54, 1.807) is 0 Å². The van der Waals surface area contributed by atoms with Crippen LogP contribution in [-0.2, 0) is 14.4 Å². The fourth-order valence-corrected chi connectivity index (χ4v) is 0.673. The maximum atomic E-state index is 10.9. The Balaban J connectivity index is 3.64. The van der Waals surface area contributed by atoms with Crippen LogP contribution in [0.5, 0.6) is 0 Å². The normalized spacial score (nSPS) is 11.8. The van der Waals surface area contributed by atoms with E-state index in [4.69, 9.17) is 15.9 Å². The first-order chi connectivity index (χ1) is 6.43. The van der Waals surface area contributed by atoms with Gasteiger partial charge in [-0.2, -0.15) is 0 Å². The van der Waals surface area contributed by atoms with E-state index in [0.717, 1.165) is 0 Å². The molecule has 80 valence electrons. The second kappa shape index (κ2) is 5.92. The fraction of sp³-hybridized carbons (Fsp3) is 0.571. The van der Waals surface area contributed by atoms with E-state index in [9.17, 15) is 14.4 Å². The standard InChI is InChI=1S/C7H12N2O5/c8-4(7(13)14)1-2-5(10)9-3-6(11)12/h4H,1-3,8H2,(H,9,10)(H,11,12)(H,13,14)/t4-/m1/s1. The number of aliphatic carboxylic acids is 2. The summed E-state index contributed by atoms with van der Waals surface area (Å²) in [5, 5.41) is 18.6. The number of carboxylic acid groups (broad SMARTS) is 2. The number of amides is 1. The minimum atomic E-state index is -1.18. The Morgan fingerprint density at radius 2 is 1.86 bits per heavy atom. The smallest absolute Gasteiger partial charge is 0.322 e. The Bertz CT molecular complexity index is 240. The first kappa shape index (κ1) is 12.4. The third kappa shape index (κ3) is 5.95. The molecule has 1 atom stereocenters. The largest absolute Gasteiger partial charge is 0.480 e. The van der Waals surface area contributed by atoms with Gasteiger partial charge in [0.1, 0.15) is 12.6 Å². The number of carboxylic acids is 2. The zero-order valence-electron chi connectivity index (χ0n) is 7.40. The number of carbonyl (C=O) groups excluding carboxylic acids is 1. The number of carbonyl (C=O) groups is 3. The predicted octanol–water partition coefficient (Wildman–Crippen LogP) is -1.62. The summed E-state index contributed by atoms with van der Waals surface area (Å²) in [4.78, 5) is 31.1. The van der Waals surface area contributed by atoms with Gasteiger partial charge in [-0.25, -0.2) is 0 Å². The lowest BCUT2D eigenvalue weighted by atomic mass is 10.1. The minimum absolute atomic E-state index is 0.0131. The molecule has 0 bridgehead atoms. The van der Waals surface area contributed by atoms with Gasteiger partial charge in [0.15, 0.2) is 0 Å². The van der Waals surface area contributed by atoms with Crippen LogP contribution in [-0.4, -0.2) is 40.6 Å². The predicted molar refractivity (Wildman–Crippen MR) is 45.5 cm³/mol. The van der Waals surface area contributed by atoms with Gasteiger partial charge in [0.25, 0.3) is 0 Å². The van der Waals surface area contributed by atoms with E-state index < -0.39 is 30.4 Å². The molecule has 0 spiro atoms. The van der Waals surface area contributed by atoms with E-state index in [1.807, 2.05) is 0 Å². The minimum Gasteiger partial charge on any atom is -0.480 e. The second-order valence-electron chi connectivity index (χ2n) is 2.65. The topological polar surface area (TPSA) is 130 Å². The lowest BCUT2D eigenvalue weighted by Crippen LogP contribution is -2.34. The lowest BCUT2D eigenvalue weighted by molar-refractivity contribution is -0.139. The molecule has 0 aromatic heterocycles. The maximum absolute atomic E-state index is 10.9. The summed E-state index contributed by atoms with van der Waals surface area (Å²) in [6.07, 6.45) is -0.110. The molecule has 1 amide bonds. The van der Waals surface area contributed by atoms with Gasteiger partial charge in [-0.05, 0) is 6.42 Å². The van der Waals surface area contributed by atoms with Crippen LogP contribution in [0.15, 0.2) is 0 Å². The molecule has 0 saturated carbocycles. The second-order valence-corrected chi connectivity index (χ2v) is 2.65. The monoisotopic (exact) mass is 204 g/mol. The molecule has 7 heteroatoms. The van der Waals surface area contributed by atoms with E-state index in [0.29, 0.717) is 0 Å². The number of nitrogens with two attached hydrogens (primary N) is 1. The van der Waals surface area contributed by atoms with Gasteiger partial charge in [0.05, 0.1) is 0 Å². The van der Waals surface area contributed by atoms with E-state index in [2.05, 4.69) is 5.32 Å². The van der Waals surface area contributed by atoms with Crippen LogP contribution in [0.3, 0.4) is 0 Å². The highest BCUT2D eigenvalue weighted by molar-refractivity contribution is 5.81. The number of nitrogens with one attached hydrogen (secondary N) is 1. The Labute approximate surface area is 79.9 Å². The van der Waals surface area contributed by atoms with Crippen LogP contribution in [0.2, 0.25) is 0 Å². The third-order valence-corrected chi connectivity index (χ3v) is 1.44. The van der Waals surface area contributed by atoms with Gasteiger partial charge in [-0.1, -0.05) is 0 Å². The average Bonchev–Trinajstić information content (AvgIpc) is 2.10. The molecule has 5 N–H and O–H groups in total. The molecule has 14 heavy (non-hydrogen) atoms. The first-order valence-electron chi connectivity index (χ1n) is 3.90. The van der Waals surface area contributed by atoms with Gasteiger partial charge in [-0.3, -0.25) is 14.4 Å². The summed E-state index contributed by atoms with van der Waals surface area (Å²) in [5.41, 5.74) is 5.12. The molecular weight excluding hydrogens is 192 g/mol. The number of hydrogen-bond donors (Lipinski definition) is 4. The summed E-state index contributed by atoms with van der Waals surface area (Å²) in [6.45, 7) is -0.471. The Morgan fingerprint density at radius 1 is 1.29 bits per heavy atom.